The highest BCUT2D eigenvalue weighted by Gasteiger charge is 2.43. The summed E-state index contributed by atoms with van der Waals surface area (Å²) in [6.07, 6.45) is 0.209. The Morgan fingerprint density at radius 1 is 1.44 bits per heavy atom. The van der Waals surface area contributed by atoms with E-state index >= 15 is 0 Å². The second-order valence-electron chi connectivity index (χ2n) is 3.99. The Morgan fingerprint density at radius 3 is 2.56 bits per heavy atom. The van der Waals surface area contributed by atoms with Crippen LogP contribution >= 0.6 is 0 Å². The number of hydrogen-bond acceptors (Lipinski definition) is 5. The summed E-state index contributed by atoms with van der Waals surface area (Å²) in [5.74, 6) is -1.19. The van der Waals surface area contributed by atoms with Crippen molar-refractivity contribution in [1.29, 1.82) is 0 Å². The smallest absolute Gasteiger partial charge is 0.325 e. The number of carboxylic acids is 1. The van der Waals surface area contributed by atoms with Gasteiger partial charge in [0.25, 0.3) is 10.2 Å². The average Bonchev–Trinajstić information content (AvgIpc) is 2.29. The van der Waals surface area contributed by atoms with Crippen LogP contribution in [-0.4, -0.2) is 58.5 Å². The van der Waals surface area contributed by atoms with Crippen LogP contribution in [0.3, 0.4) is 0 Å². The van der Waals surface area contributed by atoms with Gasteiger partial charge in [0.2, 0.25) is 0 Å². The Morgan fingerprint density at radius 2 is 2.06 bits per heavy atom. The maximum Gasteiger partial charge on any atom is 0.325 e. The van der Waals surface area contributed by atoms with E-state index < -0.39 is 21.7 Å². The topological polar surface area (TPSA) is 114 Å². The maximum absolute atomic E-state index is 11.7. The van der Waals surface area contributed by atoms with Crippen molar-refractivity contribution in [2.24, 2.45) is 0 Å². The SMILES string of the molecule is COCCNS(=O)(=O)NC1(C(=O)O)CCOCC1. The summed E-state index contributed by atoms with van der Waals surface area (Å²) < 4.78 is 37.6. The number of methoxy groups -OCH3 is 1. The number of aliphatic carboxylic acids is 1. The van der Waals surface area contributed by atoms with Crippen molar-refractivity contribution in [3.8, 4) is 0 Å². The zero-order chi connectivity index (χ0) is 13.6. The molecule has 0 aliphatic carbocycles. The molecular formula is C9H18N2O6S. The summed E-state index contributed by atoms with van der Waals surface area (Å²) in [5.41, 5.74) is -1.49. The van der Waals surface area contributed by atoms with Crippen LogP contribution in [0, 0.1) is 0 Å². The first-order valence-corrected chi connectivity index (χ1v) is 6.99. The number of rotatable bonds is 7. The molecule has 0 unspecified atom stereocenters. The summed E-state index contributed by atoms with van der Waals surface area (Å²) in [5, 5.41) is 9.19. The van der Waals surface area contributed by atoms with E-state index in [9.17, 15) is 18.3 Å². The van der Waals surface area contributed by atoms with Crippen molar-refractivity contribution in [3.63, 3.8) is 0 Å². The van der Waals surface area contributed by atoms with E-state index in [1.54, 1.807) is 0 Å². The highest BCUT2D eigenvalue weighted by atomic mass is 32.2. The van der Waals surface area contributed by atoms with Crippen LogP contribution in [0.25, 0.3) is 0 Å². The highest BCUT2D eigenvalue weighted by molar-refractivity contribution is 7.87. The Labute approximate surface area is 106 Å². The van der Waals surface area contributed by atoms with Gasteiger partial charge in [-0.05, 0) is 0 Å². The van der Waals surface area contributed by atoms with Gasteiger partial charge < -0.3 is 14.6 Å². The molecule has 1 aliphatic heterocycles. The van der Waals surface area contributed by atoms with Gasteiger partial charge in [-0.25, -0.2) is 0 Å². The van der Waals surface area contributed by atoms with Gasteiger partial charge in [0, 0.05) is 39.7 Å². The molecule has 0 amide bonds. The number of carboxylic acid groups (broad SMARTS) is 1. The van der Waals surface area contributed by atoms with E-state index in [1.165, 1.54) is 7.11 Å². The molecule has 1 fully saturated rings. The molecule has 18 heavy (non-hydrogen) atoms. The Balaban J connectivity index is 2.68. The fraction of sp³-hybridized carbons (Fsp3) is 0.889. The van der Waals surface area contributed by atoms with E-state index in [0.717, 1.165) is 0 Å². The lowest BCUT2D eigenvalue weighted by atomic mass is 9.92. The molecule has 1 aliphatic rings. The zero-order valence-corrected chi connectivity index (χ0v) is 11.0. The summed E-state index contributed by atoms with van der Waals surface area (Å²) in [7, 11) is -2.43. The molecular weight excluding hydrogens is 264 g/mol. The second kappa shape index (κ2) is 6.43. The Kier molecular flexibility index (Phi) is 5.47. The minimum absolute atomic E-state index is 0.0814. The molecule has 0 bridgehead atoms. The lowest BCUT2D eigenvalue weighted by Gasteiger charge is -2.33. The first-order chi connectivity index (χ1) is 8.42. The summed E-state index contributed by atoms with van der Waals surface area (Å²) in [4.78, 5) is 11.2. The average molecular weight is 282 g/mol. The minimum atomic E-state index is -3.87. The van der Waals surface area contributed by atoms with Gasteiger partial charge in [-0.3, -0.25) is 4.79 Å². The molecule has 0 atom stereocenters. The quantitative estimate of drug-likeness (QED) is 0.500. The van der Waals surface area contributed by atoms with Crippen molar-refractivity contribution in [2.45, 2.75) is 18.4 Å². The maximum atomic E-state index is 11.7. The molecule has 0 aromatic heterocycles. The van der Waals surface area contributed by atoms with E-state index in [0.29, 0.717) is 0 Å². The molecule has 1 heterocycles. The van der Waals surface area contributed by atoms with Gasteiger partial charge >= 0.3 is 5.97 Å². The van der Waals surface area contributed by atoms with Gasteiger partial charge in [0.15, 0.2) is 0 Å². The molecule has 1 saturated heterocycles. The van der Waals surface area contributed by atoms with Gasteiger partial charge in [-0.2, -0.15) is 17.9 Å². The van der Waals surface area contributed by atoms with E-state index in [4.69, 9.17) is 9.47 Å². The van der Waals surface area contributed by atoms with Crippen LogP contribution in [0.2, 0.25) is 0 Å². The molecule has 0 aromatic rings. The first-order valence-electron chi connectivity index (χ1n) is 5.50. The van der Waals surface area contributed by atoms with E-state index in [-0.39, 0.29) is 39.2 Å². The molecule has 8 nitrogen and oxygen atoms in total. The lowest BCUT2D eigenvalue weighted by Crippen LogP contribution is -2.59. The summed E-state index contributed by atoms with van der Waals surface area (Å²) in [6.45, 7) is 0.724. The largest absolute Gasteiger partial charge is 0.480 e. The molecule has 0 saturated carbocycles. The summed E-state index contributed by atoms with van der Waals surface area (Å²) in [6, 6.07) is 0. The highest BCUT2D eigenvalue weighted by Crippen LogP contribution is 2.21. The molecule has 1 rings (SSSR count). The molecule has 0 radical (unpaired) electrons. The number of carbonyl (C=O) groups is 1. The second-order valence-corrected chi connectivity index (χ2v) is 5.49. The van der Waals surface area contributed by atoms with E-state index in [2.05, 4.69) is 9.44 Å². The van der Waals surface area contributed by atoms with Crippen LogP contribution < -0.4 is 9.44 Å². The predicted octanol–water partition coefficient (Wildman–Crippen LogP) is -1.31. The third-order valence-corrected chi connectivity index (χ3v) is 3.93. The van der Waals surface area contributed by atoms with Crippen LogP contribution in [0.15, 0.2) is 0 Å². The minimum Gasteiger partial charge on any atom is -0.480 e. The molecule has 3 N–H and O–H groups in total. The van der Waals surface area contributed by atoms with Gasteiger partial charge in [-0.1, -0.05) is 0 Å². The normalized spacial score (nSPS) is 19.6. The van der Waals surface area contributed by atoms with Crippen LogP contribution in [0.1, 0.15) is 12.8 Å². The fourth-order valence-electron chi connectivity index (χ4n) is 1.65. The molecule has 0 aromatic carbocycles. The van der Waals surface area contributed by atoms with Crippen molar-refractivity contribution in [2.75, 3.05) is 33.5 Å². The lowest BCUT2D eigenvalue weighted by molar-refractivity contribution is -0.147. The standard InChI is InChI=1S/C9H18N2O6S/c1-16-7-4-10-18(14,15)11-9(8(12)13)2-5-17-6-3-9/h10-11H,2-7H2,1H3,(H,12,13). The van der Waals surface area contributed by atoms with Gasteiger partial charge in [0.05, 0.1) is 6.61 Å². The van der Waals surface area contributed by atoms with Crippen LogP contribution in [0.4, 0.5) is 0 Å². The van der Waals surface area contributed by atoms with Crippen LogP contribution in [0.5, 0.6) is 0 Å². The van der Waals surface area contributed by atoms with Gasteiger partial charge in [-0.15, -0.1) is 0 Å². The fourth-order valence-corrected chi connectivity index (χ4v) is 2.88. The number of hydrogen-bond donors (Lipinski definition) is 3. The van der Waals surface area contributed by atoms with Crippen molar-refractivity contribution < 1.29 is 27.8 Å². The number of ether oxygens (including phenoxy) is 2. The Hall–Kier alpha value is -0.740. The van der Waals surface area contributed by atoms with Crippen molar-refractivity contribution >= 4 is 16.2 Å². The predicted molar refractivity (Wildman–Crippen MR) is 62.4 cm³/mol. The molecule has 0 spiro atoms. The van der Waals surface area contributed by atoms with Crippen molar-refractivity contribution in [1.82, 2.24) is 9.44 Å². The Bertz CT molecular complexity index is 377. The van der Waals surface area contributed by atoms with Crippen molar-refractivity contribution in [3.05, 3.63) is 0 Å². The number of nitrogens with one attached hydrogen (secondary N) is 2. The van der Waals surface area contributed by atoms with E-state index in [1.807, 2.05) is 0 Å². The molecule has 106 valence electrons. The first kappa shape index (κ1) is 15.3. The third-order valence-electron chi connectivity index (χ3n) is 2.68. The monoisotopic (exact) mass is 282 g/mol. The van der Waals surface area contributed by atoms with Gasteiger partial charge in [0.1, 0.15) is 5.54 Å². The van der Waals surface area contributed by atoms with Crippen LogP contribution in [-0.2, 0) is 24.5 Å². The third kappa shape index (κ3) is 4.18. The summed E-state index contributed by atoms with van der Waals surface area (Å²) >= 11 is 0. The zero-order valence-electron chi connectivity index (χ0n) is 10.1. The molecule has 9 heteroatoms.